The standard InChI is InChI=1S/C21H34N2/c1-7-10-18(11-8-2)19-14-22-15-23(19)20-17(5)12-16(4)13-21(20,6)9-3/h10,12-14,20,22H,7-9,11,15H2,1-6H3. The van der Waals surface area contributed by atoms with E-state index >= 15 is 0 Å². The smallest absolute Gasteiger partial charge is 0.0879 e. The molecule has 1 aliphatic heterocycles. The highest BCUT2D eigenvalue weighted by Gasteiger charge is 2.40. The number of hydrogen-bond acceptors (Lipinski definition) is 2. The van der Waals surface area contributed by atoms with Crippen molar-refractivity contribution < 1.29 is 0 Å². The molecule has 2 rings (SSSR count). The maximum Gasteiger partial charge on any atom is 0.0879 e. The molecule has 2 atom stereocenters. The van der Waals surface area contributed by atoms with Crippen LogP contribution in [0.3, 0.4) is 0 Å². The Morgan fingerprint density at radius 2 is 2.09 bits per heavy atom. The van der Waals surface area contributed by atoms with Crippen molar-refractivity contribution in [2.75, 3.05) is 6.67 Å². The van der Waals surface area contributed by atoms with Gasteiger partial charge in [-0.25, -0.2) is 0 Å². The minimum Gasteiger partial charge on any atom is -0.372 e. The zero-order valence-electron chi connectivity index (χ0n) is 15.9. The molecule has 0 spiro atoms. The van der Waals surface area contributed by atoms with Crippen molar-refractivity contribution in [2.45, 2.75) is 73.3 Å². The van der Waals surface area contributed by atoms with Gasteiger partial charge in [0.1, 0.15) is 0 Å². The molecular formula is C21H34N2. The molecule has 0 radical (unpaired) electrons. The van der Waals surface area contributed by atoms with Gasteiger partial charge in [0.25, 0.3) is 0 Å². The van der Waals surface area contributed by atoms with E-state index in [0.29, 0.717) is 6.04 Å². The van der Waals surface area contributed by atoms with Crippen molar-refractivity contribution in [1.82, 2.24) is 10.2 Å². The Balaban J connectivity index is 2.38. The van der Waals surface area contributed by atoms with Crippen molar-refractivity contribution in [1.29, 1.82) is 0 Å². The molecule has 0 saturated carbocycles. The van der Waals surface area contributed by atoms with Gasteiger partial charge in [0, 0.05) is 11.6 Å². The second-order valence-corrected chi connectivity index (χ2v) is 7.29. The van der Waals surface area contributed by atoms with Gasteiger partial charge in [-0.05, 0) is 44.3 Å². The maximum atomic E-state index is 3.49. The molecule has 0 aromatic rings. The van der Waals surface area contributed by atoms with E-state index < -0.39 is 0 Å². The summed E-state index contributed by atoms with van der Waals surface area (Å²) in [6, 6.07) is 0.439. The van der Waals surface area contributed by atoms with Crippen molar-refractivity contribution in [3.05, 3.63) is 46.8 Å². The van der Waals surface area contributed by atoms with E-state index in [4.69, 9.17) is 0 Å². The van der Waals surface area contributed by atoms with Crippen LogP contribution < -0.4 is 5.32 Å². The van der Waals surface area contributed by atoms with Crippen LogP contribution in [-0.2, 0) is 0 Å². The fraction of sp³-hybridized carbons (Fsp3) is 0.619. The summed E-state index contributed by atoms with van der Waals surface area (Å²) >= 11 is 0. The third-order valence-electron chi connectivity index (χ3n) is 5.25. The Labute approximate surface area is 143 Å². The van der Waals surface area contributed by atoms with Crippen LogP contribution in [0.15, 0.2) is 46.8 Å². The van der Waals surface area contributed by atoms with Crippen LogP contribution in [0, 0.1) is 5.41 Å². The highest BCUT2D eigenvalue weighted by Crippen LogP contribution is 2.43. The number of hydrogen-bond donors (Lipinski definition) is 1. The third kappa shape index (κ3) is 3.57. The molecule has 0 bridgehead atoms. The van der Waals surface area contributed by atoms with Gasteiger partial charge in [0.2, 0.25) is 0 Å². The number of nitrogens with zero attached hydrogens (tertiary/aromatic N) is 1. The number of rotatable bonds is 6. The maximum absolute atomic E-state index is 3.49. The lowest BCUT2D eigenvalue weighted by Crippen LogP contribution is -2.47. The van der Waals surface area contributed by atoms with Gasteiger partial charge in [-0.2, -0.15) is 0 Å². The molecule has 0 amide bonds. The molecule has 0 saturated heterocycles. The van der Waals surface area contributed by atoms with Crippen molar-refractivity contribution in [3.8, 4) is 0 Å². The zero-order chi connectivity index (χ0) is 17.0. The van der Waals surface area contributed by atoms with Crippen LogP contribution in [0.2, 0.25) is 0 Å². The summed E-state index contributed by atoms with van der Waals surface area (Å²) < 4.78 is 0. The number of allylic oxidation sites excluding steroid dienone is 4. The first-order valence-electron chi connectivity index (χ1n) is 9.24. The molecular weight excluding hydrogens is 280 g/mol. The normalized spacial score (nSPS) is 28.3. The Morgan fingerprint density at radius 3 is 2.70 bits per heavy atom. The van der Waals surface area contributed by atoms with Gasteiger partial charge in [-0.15, -0.1) is 0 Å². The molecule has 23 heavy (non-hydrogen) atoms. The number of nitrogens with one attached hydrogen (secondary N) is 1. The van der Waals surface area contributed by atoms with Gasteiger partial charge in [0.05, 0.1) is 18.4 Å². The van der Waals surface area contributed by atoms with E-state index in [1.807, 2.05) is 0 Å². The van der Waals surface area contributed by atoms with Crippen LogP contribution in [0.4, 0.5) is 0 Å². The average Bonchev–Trinajstić information content (AvgIpc) is 2.95. The van der Waals surface area contributed by atoms with Gasteiger partial charge < -0.3 is 10.2 Å². The Hall–Kier alpha value is -1.44. The van der Waals surface area contributed by atoms with E-state index in [9.17, 15) is 0 Å². The minimum absolute atomic E-state index is 0.192. The van der Waals surface area contributed by atoms with Gasteiger partial charge >= 0.3 is 0 Å². The van der Waals surface area contributed by atoms with Crippen molar-refractivity contribution in [2.24, 2.45) is 5.41 Å². The lowest BCUT2D eigenvalue weighted by atomic mass is 9.71. The summed E-state index contributed by atoms with van der Waals surface area (Å²) in [5.41, 5.74) is 5.98. The summed E-state index contributed by atoms with van der Waals surface area (Å²) in [4.78, 5) is 2.59. The topological polar surface area (TPSA) is 15.3 Å². The largest absolute Gasteiger partial charge is 0.372 e. The van der Waals surface area contributed by atoms with E-state index in [0.717, 1.165) is 25.9 Å². The van der Waals surface area contributed by atoms with Gasteiger partial charge in [-0.1, -0.05) is 57.9 Å². The van der Waals surface area contributed by atoms with Crippen molar-refractivity contribution in [3.63, 3.8) is 0 Å². The SMILES string of the molecule is CCC=C(CCC)C1=CNCN1C1C(C)=CC(C)=CC1(C)CC. The molecule has 0 aromatic heterocycles. The average molecular weight is 315 g/mol. The van der Waals surface area contributed by atoms with E-state index in [1.165, 1.54) is 28.8 Å². The first-order chi connectivity index (χ1) is 11.0. The van der Waals surface area contributed by atoms with Crippen LogP contribution in [0.25, 0.3) is 0 Å². The van der Waals surface area contributed by atoms with Crippen LogP contribution in [0.5, 0.6) is 0 Å². The first kappa shape index (κ1) is 17.9. The van der Waals surface area contributed by atoms with Crippen molar-refractivity contribution >= 4 is 0 Å². The Morgan fingerprint density at radius 1 is 1.35 bits per heavy atom. The third-order valence-corrected chi connectivity index (χ3v) is 5.25. The van der Waals surface area contributed by atoms with E-state index in [1.54, 1.807) is 0 Å². The summed E-state index contributed by atoms with van der Waals surface area (Å²) in [6.45, 7) is 14.7. The summed E-state index contributed by atoms with van der Waals surface area (Å²) in [6.07, 6.45) is 14.1. The molecule has 128 valence electrons. The molecule has 1 aliphatic carbocycles. The summed E-state index contributed by atoms with van der Waals surface area (Å²) in [5.74, 6) is 0. The lowest BCUT2D eigenvalue weighted by molar-refractivity contribution is 0.171. The first-order valence-corrected chi connectivity index (χ1v) is 9.24. The molecule has 0 aromatic carbocycles. The van der Waals surface area contributed by atoms with Crippen LogP contribution in [0.1, 0.15) is 67.2 Å². The van der Waals surface area contributed by atoms with Gasteiger partial charge in [-0.3, -0.25) is 0 Å². The predicted octanol–water partition coefficient (Wildman–Crippen LogP) is 5.52. The summed E-state index contributed by atoms with van der Waals surface area (Å²) in [5, 5.41) is 3.49. The second-order valence-electron chi connectivity index (χ2n) is 7.29. The summed E-state index contributed by atoms with van der Waals surface area (Å²) in [7, 11) is 0. The molecule has 1 heterocycles. The fourth-order valence-corrected chi connectivity index (χ4v) is 4.26. The second kappa shape index (κ2) is 7.42. The quantitative estimate of drug-likeness (QED) is 0.694. The monoisotopic (exact) mass is 314 g/mol. The highest BCUT2D eigenvalue weighted by atomic mass is 15.3. The Bertz CT molecular complexity index is 550. The van der Waals surface area contributed by atoms with Crippen LogP contribution in [-0.4, -0.2) is 17.6 Å². The Kier molecular flexibility index (Phi) is 5.78. The highest BCUT2D eigenvalue weighted by molar-refractivity contribution is 5.40. The zero-order valence-corrected chi connectivity index (χ0v) is 15.9. The predicted molar refractivity (Wildman–Crippen MR) is 101 cm³/mol. The minimum atomic E-state index is 0.192. The molecule has 2 unspecified atom stereocenters. The van der Waals surface area contributed by atoms with Crippen LogP contribution >= 0.6 is 0 Å². The molecule has 2 heteroatoms. The van der Waals surface area contributed by atoms with E-state index in [-0.39, 0.29) is 5.41 Å². The van der Waals surface area contributed by atoms with E-state index in [2.05, 4.69) is 76.2 Å². The molecule has 2 aliphatic rings. The molecule has 2 nitrogen and oxygen atoms in total. The van der Waals surface area contributed by atoms with Gasteiger partial charge in [0.15, 0.2) is 0 Å². The lowest BCUT2D eigenvalue weighted by Gasteiger charge is -2.45. The molecule has 1 N–H and O–H groups in total. The fourth-order valence-electron chi connectivity index (χ4n) is 4.26. The molecule has 0 fully saturated rings.